The van der Waals surface area contributed by atoms with Crippen LogP contribution in [-0.4, -0.2) is 18.4 Å². The molecule has 6 heteroatoms. The highest BCUT2D eigenvalue weighted by Crippen LogP contribution is 2.23. The lowest BCUT2D eigenvalue weighted by atomic mass is 10.2. The van der Waals surface area contributed by atoms with Gasteiger partial charge in [-0.15, -0.1) is 0 Å². The van der Waals surface area contributed by atoms with E-state index < -0.39 is 18.4 Å². The van der Waals surface area contributed by atoms with Gasteiger partial charge in [-0.25, -0.2) is 8.78 Å². The maximum Gasteiger partial charge on any atom is 0.262 e. The Morgan fingerprint density at radius 1 is 1.22 bits per heavy atom. The smallest absolute Gasteiger partial charge is 0.262 e. The van der Waals surface area contributed by atoms with Crippen molar-refractivity contribution in [3.63, 3.8) is 0 Å². The number of halogens is 3. The van der Waals surface area contributed by atoms with E-state index in [1.54, 1.807) is 18.2 Å². The molecule has 0 aliphatic carbocycles. The molecule has 0 unspecified atom stereocenters. The van der Waals surface area contributed by atoms with Crippen molar-refractivity contribution in [1.82, 2.24) is 5.32 Å². The summed E-state index contributed by atoms with van der Waals surface area (Å²) in [4.78, 5) is 12.1. The van der Waals surface area contributed by atoms with Crippen molar-refractivity contribution in [3.8, 4) is 5.75 Å². The molecule has 0 radical (unpaired) electrons. The molecule has 2 aromatic carbocycles. The quantitative estimate of drug-likeness (QED) is 0.695. The summed E-state index contributed by atoms with van der Waals surface area (Å²) in [5.41, 5.74) is 1.20. The highest BCUT2D eigenvalue weighted by atomic mass is 127. The molecule has 2 rings (SSSR count). The van der Waals surface area contributed by atoms with E-state index in [4.69, 9.17) is 4.74 Å². The first kappa shape index (κ1) is 17.7. The predicted molar refractivity (Wildman–Crippen MR) is 92.9 cm³/mol. The van der Waals surface area contributed by atoms with Gasteiger partial charge in [0.05, 0.1) is 12.1 Å². The minimum Gasteiger partial charge on any atom is -0.488 e. The molecule has 2 aromatic rings. The minimum absolute atomic E-state index is 0.241. The third kappa shape index (κ3) is 5.78. The van der Waals surface area contributed by atoms with Crippen LogP contribution in [0.15, 0.2) is 48.5 Å². The average Bonchev–Trinajstić information content (AvgIpc) is 2.51. The van der Waals surface area contributed by atoms with E-state index in [9.17, 15) is 13.6 Å². The van der Waals surface area contributed by atoms with Crippen molar-refractivity contribution in [2.45, 2.75) is 19.5 Å². The zero-order valence-electron chi connectivity index (χ0n) is 12.5. The molecule has 0 spiro atoms. The van der Waals surface area contributed by atoms with E-state index in [0.29, 0.717) is 12.4 Å². The summed E-state index contributed by atoms with van der Waals surface area (Å²) < 4.78 is 32.4. The molecule has 0 heterocycles. The summed E-state index contributed by atoms with van der Waals surface area (Å²) in [7, 11) is 0. The molecule has 0 aliphatic rings. The van der Waals surface area contributed by atoms with E-state index in [2.05, 4.69) is 27.9 Å². The fraction of sp³-hybridized carbons (Fsp3) is 0.235. The van der Waals surface area contributed by atoms with Crippen molar-refractivity contribution < 1.29 is 18.3 Å². The van der Waals surface area contributed by atoms with Crippen molar-refractivity contribution in [2.24, 2.45) is 0 Å². The van der Waals surface area contributed by atoms with Crippen molar-refractivity contribution in [2.75, 3.05) is 6.54 Å². The second-order valence-electron chi connectivity index (χ2n) is 5.17. The summed E-state index contributed by atoms with van der Waals surface area (Å²) in [5.74, 6) is -3.16. The molecule has 23 heavy (non-hydrogen) atoms. The number of carbonyl (C=O) groups excluding carboxylic acids is 1. The maximum absolute atomic E-state index is 12.9. The highest BCUT2D eigenvalue weighted by Gasteiger charge is 2.23. The Morgan fingerprint density at radius 3 is 2.57 bits per heavy atom. The standard InChI is InChI=1S/C17H16F2INO2/c1-17(18,19)11-21-16(22)14-8-7-13(20)9-15(14)23-10-12-5-3-2-4-6-12/h2-9H,10-11H2,1H3,(H,21,22). The highest BCUT2D eigenvalue weighted by molar-refractivity contribution is 14.1. The number of benzene rings is 2. The zero-order chi connectivity index (χ0) is 16.9. The number of carbonyl (C=O) groups is 1. The van der Waals surface area contributed by atoms with Gasteiger partial charge in [0.1, 0.15) is 12.4 Å². The van der Waals surface area contributed by atoms with Crippen LogP contribution in [0.4, 0.5) is 8.78 Å². The van der Waals surface area contributed by atoms with Crippen LogP contribution in [-0.2, 0) is 6.61 Å². The molecule has 0 saturated carbocycles. The molecule has 0 aliphatic heterocycles. The summed E-state index contributed by atoms with van der Waals surface area (Å²) >= 11 is 2.10. The van der Waals surface area contributed by atoms with Crippen molar-refractivity contribution >= 4 is 28.5 Å². The van der Waals surface area contributed by atoms with Crippen LogP contribution in [0.2, 0.25) is 0 Å². The van der Waals surface area contributed by atoms with Gasteiger partial charge >= 0.3 is 0 Å². The normalized spacial score (nSPS) is 11.1. The first-order valence-corrected chi connectivity index (χ1v) is 8.05. The van der Waals surface area contributed by atoms with Gasteiger partial charge in [-0.05, 0) is 46.4 Å². The topological polar surface area (TPSA) is 38.3 Å². The molecule has 0 saturated heterocycles. The lowest BCUT2D eigenvalue weighted by Crippen LogP contribution is -2.34. The van der Waals surface area contributed by atoms with Gasteiger partial charge in [-0.3, -0.25) is 4.79 Å². The summed E-state index contributed by atoms with van der Waals surface area (Å²) in [5, 5.41) is 2.23. The maximum atomic E-state index is 12.9. The van der Waals surface area contributed by atoms with Gasteiger partial charge in [-0.2, -0.15) is 0 Å². The summed E-state index contributed by atoms with van der Waals surface area (Å²) in [6.45, 7) is 0.342. The van der Waals surface area contributed by atoms with E-state index >= 15 is 0 Å². The molecule has 1 N–H and O–H groups in total. The van der Waals surface area contributed by atoms with E-state index in [-0.39, 0.29) is 5.56 Å². The van der Waals surface area contributed by atoms with Gasteiger partial charge < -0.3 is 10.1 Å². The van der Waals surface area contributed by atoms with Crippen LogP contribution in [0.25, 0.3) is 0 Å². The minimum atomic E-state index is -2.95. The van der Waals surface area contributed by atoms with Gasteiger partial charge in [0, 0.05) is 10.5 Å². The molecule has 3 nitrogen and oxygen atoms in total. The van der Waals surface area contributed by atoms with E-state index in [1.807, 2.05) is 30.3 Å². The van der Waals surface area contributed by atoms with Crippen LogP contribution in [0.5, 0.6) is 5.75 Å². The molecular formula is C17H16F2INO2. The Labute approximate surface area is 147 Å². The van der Waals surface area contributed by atoms with Crippen LogP contribution < -0.4 is 10.1 Å². The largest absolute Gasteiger partial charge is 0.488 e. The van der Waals surface area contributed by atoms with Crippen molar-refractivity contribution in [1.29, 1.82) is 0 Å². The Bertz CT molecular complexity index is 672. The van der Waals surface area contributed by atoms with Gasteiger partial charge in [0.2, 0.25) is 0 Å². The first-order chi connectivity index (χ1) is 10.8. The Morgan fingerprint density at radius 2 is 1.91 bits per heavy atom. The monoisotopic (exact) mass is 431 g/mol. The van der Waals surface area contributed by atoms with Gasteiger partial charge in [-0.1, -0.05) is 30.3 Å². The lowest BCUT2D eigenvalue weighted by Gasteiger charge is -2.14. The molecule has 1 amide bonds. The lowest BCUT2D eigenvalue weighted by molar-refractivity contribution is 0.0220. The second kappa shape index (κ2) is 7.72. The molecule has 0 aromatic heterocycles. The first-order valence-electron chi connectivity index (χ1n) is 6.97. The zero-order valence-corrected chi connectivity index (χ0v) is 14.6. The molecule has 122 valence electrons. The number of hydrogen-bond donors (Lipinski definition) is 1. The van der Waals surface area contributed by atoms with E-state index in [0.717, 1.165) is 16.1 Å². The van der Waals surface area contributed by atoms with Crippen LogP contribution >= 0.6 is 22.6 Å². The number of nitrogens with one attached hydrogen (secondary N) is 1. The fourth-order valence-corrected chi connectivity index (χ4v) is 2.33. The molecule has 0 atom stereocenters. The van der Waals surface area contributed by atoms with E-state index in [1.165, 1.54) is 0 Å². The summed E-state index contributed by atoms with van der Waals surface area (Å²) in [6.07, 6.45) is 0. The van der Waals surface area contributed by atoms with Crippen LogP contribution in [0.1, 0.15) is 22.8 Å². The number of ether oxygens (including phenoxy) is 1. The number of hydrogen-bond acceptors (Lipinski definition) is 2. The second-order valence-corrected chi connectivity index (χ2v) is 6.41. The number of amides is 1. The average molecular weight is 431 g/mol. The Hall–Kier alpha value is -1.70. The van der Waals surface area contributed by atoms with Crippen LogP contribution in [0, 0.1) is 3.57 Å². The summed E-state index contributed by atoms with van der Waals surface area (Å²) in [6, 6.07) is 14.5. The Balaban J connectivity index is 2.12. The van der Waals surface area contributed by atoms with Gasteiger partial charge in [0.25, 0.3) is 11.8 Å². The number of rotatable bonds is 6. The predicted octanol–water partition coefficient (Wildman–Crippen LogP) is 4.26. The molecule has 0 bridgehead atoms. The SMILES string of the molecule is CC(F)(F)CNC(=O)c1ccc(I)cc1OCc1ccccc1. The number of alkyl halides is 2. The van der Waals surface area contributed by atoms with Gasteiger partial charge in [0.15, 0.2) is 0 Å². The Kier molecular flexibility index (Phi) is 5.92. The third-order valence-corrected chi connectivity index (χ3v) is 3.66. The van der Waals surface area contributed by atoms with Crippen molar-refractivity contribution in [3.05, 3.63) is 63.2 Å². The van der Waals surface area contributed by atoms with Crippen LogP contribution in [0.3, 0.4) is 0 Å². The third-order valence-electron chi connectivity index (χ3n) is 2.98. The fourth-order valence-electron chi connectivity index (χ4n) is 1.87. The molecule has 0 fully saturated rings. The molecular weight excluding hydrogens is 415 g/mol.